The van der Waals surface area contributed by atoms with Crippen LogP contribution in [-0.2, 0) is 7.05 Å². The molecule has 2 N–H and O–H groups in total. The summed E-state index contributed by atoms with van der Waals surface area (Å²) in [5, 5.41) is 4.85. The van der Waals surface area contributed by atoms with Gasteiger partial charge in [-0.3, -0.25) is 4.68 Å². The molecule has 1 aromatic rings. The van der Waals surface area contributed by atoms with Gasteiger partial charge in [0.15, 0.2) is 0 Å². The molecule has 0 spiro atoms. The van der Waals surface area contributed by atoms with Crippen LogP contribution in [0.15, 0.2) is 6.20 Å². The molecule has 2 rings (SSSR count). The first-order valence-corrected chi connectivity index (χ1v) is 6.40. The van der Waals surface area contributed by atoms with E-state index in [4.69, 9.17) is 17.3 Å². The third-order valence-corrected chi connectivity index (χ3v) is 4.11. The average molecular weight is 242 g/mol. The van der Waals surface area contributed by atoms with Gasteiger partial charge in [-0.25, -0.2) is 0 Å². The first kappa shape index (κ1) is 11.9. The van der Waals surface area contributed by atoms with Crippen LogP contribution in [0, 0.1) is 11.8 Å². The summed E-state index contributed by atoms with van der Waals surface area (Å²) in [5.74, 6) is 1.41. The maximum absolute atomic E-state index is 6.32. The highest BCUT2D eigenvalue weighted by Gasteiger charge is 2.27. The van der Waals surface area contributed by atoms with E-state index < -0.39 is 0 Å². The molecule has 90 valence electrons. The zero-order valence-corrected chi connectivity index (χ0v) is 10.7. The molecule has 0 aromatic carbocycles. The molecule has 1 unspecified atom stereocenters. The van der Waals surface area contributed by atoms with E-state index in [0.29, 0.717) is 10.9 Å². The quantitative estimate of drug-likeness (QED) is 0.865. The van der Waals surface area contributed by atoms with Crippen LogP contribution < -0.4 is 5.73 Å². The van der Waals surface area contributed by atoms with Gasteiger partial charge in [-0.1, -0.05) is 31.4 Å². The summed E-state index contributed by atoms with van der Waals surface area (Å²) in [6.07, 6.45) is 6.68. The van der Waals surface area contributed by atoms with Crippen LogP contribution in [0.5, 0.6) is 0 Å². The summed E-state index contributed by atoms with van der Waals surface area (Å²) < 4.78 is 1.81. The van der Waals surface area contributed by atoms with E-state index >= 15 is 0 Å². The fourth-order valence-electron chi connectivity index (χ4n) is 2.66. The summed E-state index contributed by atoms with van der Waals surface area (Å²) in [4.78, 5) is 0. The van der Waals surface area contributed by atoms with E-state index in [9.17, 15) is 0 Å². The van der Waals surface area contributed by atoms with E-state index in [1.54, 1.807) is 6.20 Å². The van der Waals surface area contributed by atoms with Crippen LogP contribution in [0.4, 0.5) is 0 Å². The van der Waals surface area contributed by atoms with Gasteiger partial charge >= 0.3 is 0 Å². The van der Waals surface area contributed by atoms with Crippen molar-refractivity contribution in [3.63, 3.8) is 0 Å². The highest BCUT2D eigenvalue weighted by atomic mass is 35.5. The van der Waals surface area contributed by atoms with Gasteiger partial charge in [-0.2, -0.15) is 5.10 Å². The third kappa shape index (κ3) is 2.25. The lowest BCUT2D eigenvalue weighted by atomic mass is 9.78. The van der Waals surface area contributed by atoms with Crippen molar-refractivity contribution in [1.29, 1.82) is 0 Å². The Kier molecular flexibility index (Phi) is 3.55. The number of aromatic nitrogens is 2. The van der Waals surface area contributed by atoms with E-state index in [2.05, 4.69) is 12.0 Å². The lowest BCUT2D eigenvalue weighted by molar-refractivity contribution is 0.251. The molecule has 0 radical (unpaired) electrons. The van der Waals surface area contributed by atoms with Crippen molar-refractivity contribution in [3.05, 3.63) is 16.9 Å². The number of nitrogens with two attached hydrogens (primary N) is 1. The summed E-state index contributed by atoms with van der Waals surface area (Å²) in [7, 11) is 1.91. The summed E-state index contributed by atoms with van der Waals surface area (Å²) in [6.45, 7) is 2.32. The molecule has 0 aliphatic heterocycles. The second kappa shape index (κ2) is 4.76. The molecule has 0 bridgehead atoms. The Morgan fingerprint density at radius 1 is 1.44 bits per heavy atom. The second-order valence-electron chi connectivity index (χ2n) is 5.05. The first-order chi connectivity index (χ1) is 7.59. The van der Waals surface area contributed by atoms with Crippen LogP contribution in [0.25, 0.3) is 0 Å². The predicted octanol–water partition coefficient (Wildman–Crippen LogP) is 2.90. The Morgan fingerprint density at radius 2 is 2.06 bits per heavy atom. The molecule has 1 heterocycles. The average Bonchev–Trinajstić information content (AvgIpc) is 2.59. The number of halogens is 1. The Labute approximate surface area is 102 Å². The minimum Gasteiger partial charge on any atom is -0.322 e. The molecule has 1 fully saturated rings. The number of aryl methyl sites for hydroxylation is 1. The zero-order valence-electron chi connectivity index (χ0n) is 9.99. The fourth-order valence-corrected chi connectivity index (χ4v) is 2.96. The summed E-state index contributed by atoms with van der Waals surface area (Å²) >= 11 is 6.12. The van der Waals surface area contributed by atoms with Crippen LogP contribution in [0.2, 0.25) is 5.02 Å². The molecule has 1 atom stereocenters. The lowest BCUT2D eigenvalue weighted by Crippen LogP contribution is -2.27. The minimum atomic E-state index is 0.0347. The molecular weight excluding hydrogens is 222 g/mol. The van der Waals surface area contributed by atoms with E-state index in [0.717, 1.165) is 11.6 Å². The van der Waals surface area contributed by atoms with Crippen LogP contribution >= 0.6 is 11.6 Å². The molecule has 0 amide bonds. The van der Waals surface area contributed by atoms with Gasteiger partial charge in [0, 0.05) is 7.05 Å². The van der Waals surface area contributed by atoms with Crippen molar-refractivity contribution in [1.82, 2.24) is 9.78 Å². The van der Waals surface area contributed by atoms with Gasteiger partial charge in [-0.05, 0) is 24.7 Å². The summed E-state index contributed by atoms with van der Waals surface area (Å²) in [6, 6.07) is 0.0347. The van der Waals surface area contributed by atoms with Gasteiger partial charge < -0.3 is 5.73 Å². The van der Waals surface area contributed by atoms with Crippen molar-refractivity contribution in [2.45, 2.75) is 38.6 Å². The van der Waals surface area contributed by atoms with Crippen molar-refractivity contribution in [2.75, 3.05) is 0 Å². The number of nitrogens with zero attached hydrogens (tertiary/aromatic N) is 2. The molecule has 1 aliphatic rings. The maximum atomic E-state index is 6.32. The maximum Gasteiger partial charge on any atom is 0.0834 e. The predicted molar refractivity (Wildman–Crippen MR) is 66.3 cm³/mol. The number of hydrogen-bond donors (Lipinski definition) is 1. The van der Waals surface area contributed by atoms with Gasteiger partial charge in [0.05, 0.1) is 23.0 Å². The second-order valence-corrected chi connectivity index (χ2v) is 5.45. The monoisotopic (exact) mass is 241 g/mol. The molecule has 1 aliphatic carbocycles. The van der Waals surface area contributed by atoms with E-state index in [1.165, 1.54) is 25.7 Å². The van der Waals surface area contributed by atoms with Crippen molar-refractivity contribution in [3.8, 4) is 0 Å². The van der Waals surface area contributed by atoms with Crippen molar-refractivity contribution in [2.24, 2.45) is 24.6 Å². The number of hydrogen-bond acceptors (Lipinski definition) is 2. The van der Waals surface area contributed by atoms with Gasteiger partial charge in [0.2, 0.25) is 0 Å². The lowest BCUT2D eigenvalue weighted by Gasteiger charge is -2.30. The van der Waals surface area contributed by atoms with Gasteiger partial charge in [0.1, 0.15) is 0 Å². The Morgan fingerprint density at radius 3 is 2.56 bits per heavy atom. The SMILES string of the molecule is CC1CCC(C(N)c2c(Cl)cnn2C)CC1. The molecular formula is C12H20ClN3. The highest BCUT2D eigenvalue weighted by Crippen LogP contribution is 2.37. The number of rotatable bonds is 2. The molecule has 4 heteroatoms. The molecule has 0 saturated heterocycles. The van der Waals surface area contributed by atoms with Crippen molar-refractivity contribution < 1.29 is 0 Å². The normalized spacial score (nSPS) is 28.0. The Hall–Kier alpha value is -0.540. The summed E-state index contributed by atoms with van der Waals surface area (Å²) in [5.41, 5.74) is 7.30. The molecule has 1 saturated carbocycles. The zero-order chi connectivity index (χ0) is 11.7. The van der Waals surface area contributed by atoms with Crippen LogP contribution in [0.1, 0.15) is 44.3 Å². The Balaban J connectivity index is 2.10. The minimum absolute atomic E-state index is 0.0347. The first-order valence-electron chi connectivity index (χ1n) is 6.02. The van der Waals surface area contributed by atoms with Crippen molar-refractivity contribution >= 4 is 11.6 Å². The van der Waals surface area contributed by atoms with Crippen LogP contribution in [-0.4, -0.2) is 9.78 Å². The standard InChI is InChI=1S/C12H20ClN3/c1-8-3-5-9(6-4-8)11(14)12-10(13)7-15-16(12)2/h7-9,11H,3-6,14H2,1-2H3. The topological polar surface area (TPSA) is 43.8 Å². The third-order valence-electron chi connectivity index (χ3n) is 3.82. The van der Waals surface area contributed by atoms with E-state index in [1.807, 2.05) is 11.7 Å². The van der Waals surface area contributed by atoms with Gasteiger partial charge in [-0.15, -0.1) is 0 Å². The largest absolute Gasteiger partial charge is 0.322 e. The molecule has 3 nitrogen and oxygen atoms in total. The van der Waals surface area contributed by atoms with Crippen LogP contribution in [0.3, 0.4) is 0 Å². The smallest absolute Gasteiger partial charge is 0.0834 e. The molecule has 16 heavy (non-hydrogen) atoms. The molecule has 1 aromatic heterocycles. The van der Waals surface area contributed by atoms with E-state index in [-0.39, 0.29) is 6.04 Å². The van der Waals surface area contributed by atoms with Gasteiger partial charge in [0.25, 0.3) is 0 Å². The Bertz CT molecular complexity index is 334. The fraction of sp³-hybridized carbons (Fsp3) is 0.750. The highest BCUT2D eigenvalue weighted by molar-refractivity contribution is 6.31.